The van der Waals surface area contributed by atoms with Crippen molar-refractivity contribution in [2.75, 3.05) is 20.2 Å². The summed E-state index contributed by atoms with van der Waals surface area (Å²) in [6.07, 6.45) is 2.08. The van der Waals surface area contributed by atoms with E-state index in [1.807, 2.05) is 41.3 Å². The molecule has 1 saturated heterocycles. The second kappa shape index (κ2) is 7.56. The van der Waals surface area contributed by atoms with Crippen LogP contribution in [-0.2, 0) is 4.74 Å². The van der Waals surface area contributed by atoms with Gasteiger partial charge in [0.25, 0.3) is 5.91 Å². The Bertz CT molecular complexity index is 748. The third-order valence-electron chi connectivity index (χ3n) is 4.37. The third-order valence-corrected chi connectivity index (χ3v) is 5.19. The Morgan fingerprint density at radius 3 is 2.79 bits per heavy atom. The van der Waals surface area contributed by atoms with Gasteiger partial charge < -0.3 is 9.64 Å². The minimum Gasteiger partial charge on any atom is -0.380 e. The Morgan fingerprint density at radius 2 is 2.00 bits per heavy atom. The Kier molecular flexibility index (Phi) is 5.44. The fraction of sp³-hybridized carbons (Fsp3) is 0.316. The first-order valence-corrected chi connectivity index (χ1v) is 8.72. The monoisotopic (exact) mass is 363 g/mol. The van der Waals surface area contributed by atoms with E-state index in [0.717, 1.165) is 30.5 Å². The van der Waals surface area contributed by atoms with Crippen molar-refractivity contribution in [3.63, 3.8) is 0 Å². The number of nitrogens with zero attached hydrogens (tertiary/aromatic N) is 1. The summed E-state index contributed by atoms with van der Waals surface area (Å²) in [6.45, 7) is 1.40. The van der Waals surface area contributed by atoms with Gasteiger partial charge in [0.05, 0.1) is 16.1 Å². The Balaban J connectivity index is 1.87. The predicted octanol–water partition coefficient (Wildman–Crippen LogP) is 4.91. The summed E-state index contributed by atoms with van der Waals surface area (Å²) in [6, 6.07) is 13.0. The number of hydrogen-bond acceptors (Lipinski definition) is 2. The number of benzene rings is 2. The van der Waals surface area contributed by atoms with Gasteiger partial charge in [-0.2, -0.15) is 0 Å². The molecule has 0 unspecified atom stereocenters. The van der Waals surface area contributed by atoms with Gasteiger partial charge in [-0.05, 0) is 36.6 Å². The smallest absolute Gasteiger partial charge is 0.253 e. The first kappa shape index (κ1) is 17.3. The van der Waals surface area contributed by atoms with E-state index in [2.05, 4.69) is 0 Å². The summed E-state index contributed by atoms with van der Waals surface area (Å²) in [5, 5.41) is 1.01. The van der Waals surface area contributed by atoms with Gasteiger partial charge in [-0.3, -0.25) is 4.79 Å². The van der Waals surface area contributed by atoms with Crippen molar-refractivity contribution in [1.29, 1.82) is 0 Å². The maximum absolute atomic E-state index is 12.8. The number of rotatable bonds is 3. The van der Waals surface area contributed by atoms with Gasteiger partial charge >= 0.3 is 0 Å². The standard InChI is InChI=1S/C19H19Cl2NO2/c1-24-15-7-4-10-22(12-15)19(23)14-6-2-5-13(11-14)16-8-3-9-17(20)18(16)21/h2-3,5-6,8-9,11,15H,4,7,10,12H2,1H3/t15-/m0/s1. The van der Waals surface area contributed by atoms with Gasteiger partial charge in [-0.15, -0.1) is 0 Å². The number of hydrogen-bond donors (Lipinski definition) is 0. The Morgan fingerprint density at radius 1 is 1.21 bits per heavy atom. The average Bonchev–Trinajstić information content (AvgIpc) is 2.63. The van der Waals surface area contributed by atoms with E-state index >= 15 is 0 Å². The fourth-order valence-corrected chi connectivity index (χ4v) is 3.45. The summed E-state index contributed by atoms with van der Waals surface area (Å²) in [5.74, 6) is 0.0248. The summed E-state index contributed by atoms with van der Waals surface area (Å²) >= 11 is 12.4. The number of carbonyl (C=O) groups excluding carboxylic acids is 1. The molecule has 5 heteroatoms. The maximum atomic E-state index is 12.8. The molecule has 3 nitrogen and oxygen atoms in total. The molecule has 1 atom stereocenters. The molecule has 0 radical (unpaired) electrons. The van der Waals surface area contributed by atoms with Crippen LogP contribution in [0.25, 0.3) is 11.1 Å². The van der Waals surface area contributed by atoms with E-state index < -0.39 is 0 Å². The summed E-state index contributed by atoms with van der Waals surface area (Å²) < 4.78 is 5.40. The number of piperidine rings is 1. The van der Waals surface area contributed by atoms with Crippen LogP contribution in [0.2, 0.25) is 10.0 Å². The zero-order chi connectivity index (χ0) is 17.1. The fourth-order valence-electron chi connectivity index (χ4n) is 3.04. The van der Waals surface area contributed by atoms with Crippen LogP contribution in [0, 0.1) is 0 Å². The molecule has 24 heavy (non-hydrogen) atoms. The summed E-state index contributed by atoms with van der Waals surface area (Å²) in [4.78, 5) is 14.7. The first-order valence-electron chi connectivity index (χ1n) is 7.96. The van der Waals surface area contributed by atoms with Crippen LogP contribution in [-0.4, -0.2) is 37.1 Å². The molecule has 1 aliphatic rings. The van der Waals surface area contributed by atoms with Gasteiger partial charge in [-0.25, -0.2) is 0 Å². The van der Waals surface area contributed by atoms with E-state index in [-0.39, 0.29) is 12.0 Å². The molecule has 0 bridgehead atoms. The molecule has 1 amide bonds. The number of methoxy groups -OCH3 is 1. The molecule has 0 saturated carbocycles. The topological polar surface area (TPSA) is 29.5 Å². The van der Waals surface area contributed by atoms with E-state index in [1.54, 1.807) is 13.2 Å². The second-order valence-electron chi connectivity index (χ2n) is 5.93. The summed E-state index contributed by atoms with van der Waals surface area (Å²) in [7, 11) is 1.69. The van der Waals surface area contributed by atoms with Crippen LogP contribution in [0.3, 0.4) is 0 Å². The van der Waals surface area contributed by atoms with Crippen molar-refractivity contribution in [3.8, 4) is 11.1 Å². The van der Waals surface area contributed by atoms with Crippen molar-refractivity contribution in [3.05, 3.63) is 58.1 Å². The molecular formula is C19H19Cl2NO2. The molecule has 1 fully saturated rings. The van der Waals surface area contributed by atoms with E-state index in [0.29, 0.717) is 22.2 Å². The Labute approximate surface area is 152 Å². The van der Waals surface area contributed by atoms with Crippen LogP contribution in [0.15, 0.2) is 42.5 Å². The highest BCUT2D eigenvalue weighted by Gasteiger charge is 2.24. The summed E-state index contributed by atoms with van der Waals surface area (Å²) in [5.41, 5.74) is 2.36. The number of ether oxygens (including phenoxy) is 1. The zero-order valence-electron chi connectivity index (χ0n) is 13.5. The molecule has 1 aliphatic heterocycles. The largest absolute Gasteiger partial charge is 0.380 e. The molecule has 2 aromatic rings. The highest BCUT2D eigenvalue weighted by molar-refractivity contribution is 6.43. The maximum Gasteiger partial charge on any atom is 0.253 e. The van der Waals surface area contributed by atoms with E-state index in [9.17, 15) is 4.79 Å². The molecule has 0 spiro atoms. The average molecular weight is 364 g/mol. The number of carbonyl (C=O) groups is 1. The van der Waals surface area contributed by atoms with Gasteiger partial charge in [0.2, 0.25) is 0 Å². The lowest BCUT2D eigenvalue weighted by Gasteiger charge is -2.32. The van der Waals surface area contributed by atoms with Crippen molar-refractivity contribution in [2.45, 2.75) is 18.9 Å². The zero-order valence-corrected chi connectivity index (χ0v) is 15.0. The number of amides is 1. The predicted molar refractivity (Wildman–Crippen MR) is 97.8 cm³/mol. The minimum absolute atomic E-state index is 0.0248. The quantitative estimate of drug-likeness (QED) is 0.774. The molecule has 0 N–H and O–H groups in total. The van der Waals surface area contributed by atoms with Crippen LogP contribution in [0.4, 0.5) is 0 Å². The van der Waals surface area contributed by atoms with Crippen molar-refractivity contribution < 1.29 is 9.53 Å². The normalized spacial score (nSPS) is 17.8. The molecule has 3 rings (SSSR count). The number of likely N-dealkylation sites (tertiary alicyclic amines) is 1. The Hall–Kier alpha value is -1.55. The van der Waals surface area contributed by atoms with Crippen molar-refractivity contribution in [2.24, 2.45) is 0 Å². The molecule has 0 aromatic heterocycles. The first-order chi connectivity index (χ1) is 11.6. The van der Waals surface area contributed by atoms with Crippen LogP contribution in [0.1, 0.15) is 23.2 Å². The van der Waals surface area contributed by atoms with E-state index in [1.165, 1.54) is 0 Å². The lowest BCUT2D eigenvalue weighted by Crippen LogP contribution is -2.42. The third kappa shape index (κ3) is 3.59. The lowest BCUT2D eigenvalue weighted by molar-refractivity contribution is 0.0269. The molecule has 0 aliphatic carbocycles. The van der Waals surface area contributed by atoms with Gasteiger partial charge in [-0.1, -0.05) is 47.5 Å². The lowest BCUT2D eigenvalue weighted by atomic mass is 10.0. The molecule has 126 valence electrons. The minimum atomic E-state index is 0.0248. The van der Waals surface area contributed by atoms with Crippen LogP contribution >= 0.6 is 23.2 Å². The second-order valence-corrected chi connectivity index (χ2v) is 6.72. The molecule has 1 heterocycles. The highest BCUT2D eigenvalue weighted by atomic mass is 35.5. The molecular weight excluding hydrogens is 345 g/mol. The van der Waals surface area contributed by atoms with E-state index in [4.69, 9.17) is 27.9 Å². The number of halogens is 2. The van der Waals surface area contributed by atoms with Crippen LogP contribution < -0.4 is 0 Å². The van der Waals surface area contributed by atoms with Crippen molar-refractivity contribution >= 4 is 29.1 Å². The van der Waals surface area contributed by atoms with Crippen LogP contribution in [0.5, 0.6) is 0 Å². The van der Waals surface area contributed by atoms with Gasteiger partial charge in [0.1, 0.15) is 0 Å². The molecule has 2 aromatic carbocycles. The highest BCUT2D eigenvalue weighted by Crippen LogP contribution is 2.33. The van der Waals surface area contributed by atoms with Gasteiger partial charge in [0.15, 0.2) is 0 Å². The van der Waals surface area contributed by atoms with Crippen molar-refractivity contribution in [1.82, 2.24) is 4.90 Å². The SMILES string of the molecule is CO[C@H]1CCCN(C(=O)c2cccc(-c3cccc(Cl)c3Cl)c2)C1. The van der Waals surface area contributed by atoms with Gasteiger partial charge in [0, 0.05) is 31.3 Å².